The van der Waals surface area contributed by atoms with Gasteiger partial charge in [-0.05, 0) is 62.1 Å². The summed E-state index contributed by atoms with van der Waals surface area (Å²) < 4.78 is 5.84. The number of aromatic nitrogens is 6. The standard InChI is InChI=1S/C29H35N7OS2/c1-20(10-11-23-22(3)24(12-13-29(23,4)5)39-35-15-14-30-17-35)8-7-9-21(2)16-25(37)33-36-19-31-26-27(36)32-18-34(6)28(26)38/h7-11,14-19,24H,12-13H2,1-6H3,(H,33,37)/b9-7+,11-10+,20-8+,21-16+. The van der Waals surface area contributed by atoms with Gasteiger partial charge in [-0.1, -0.05) is 67.6 Å². The molecule has 3 aromatic heterocycles. The Morgan fingerprint density at radius 3 is 2.72 bits per heavy atom. The zero-order valence-corrected chi connectivity index (χ0v) is 24.9. The minimum absolute atomic E-state index is 0.135. The summed E-state index contributed by atoms with van der Waals surface area (Å²) in [5, 5.41) is 0.438. The number of hydrogen-bond donors (Lipinski definition) is 1. The summed E-state index contributed by atoms with van der Waals surface area (Å²) in [5.74, 6) is -0.275. The summed E-state index contributed by atoms with van der Waals surface area (Å²) >= 11 is 7.18. The summed E-state index contributed by atoms with van der Waals surface area (Å²) in [5.41, 5.74) is 8.76. The topological polar surface area (TPSA) is 82.6 Å². The van der Waals surface area contributed by atoms with Gasteiger partial charge >= 0.3 is 0 Å². The predicted molar refractivity (Wildman–Crippen MR) is 162 cm³/mol. The van der Waals surface area contributed by atoms with E-state index in [1.807, 2.05) is 62.9 Å². The lowest BCUT2D eigenvalue weighted by Gasteiger charge is -2.37. The van der Waals surface area contributed by atoms with E-state index in [4.69, 9.17) is 12.2 Å². The molecule has 0 aromatic carbocycles. The van der Waals surface area contributed by atoms with E-state index in [-0.39, 0.29) is 11.3 Å². The second-order valence-corrected chi connectivity index (χ2v) is 12.0. The normalized spacial score (nSPS) is 18.6. The van der Waals surface area contributed by atoms with E-state index in [1.165, 1.54) is 28.2 Å². The first-order valence-corrected chi connectivity index (χ1v) is 14.1. The Balaban J connectivity index is 1.40. The molecule has 1 unspecified atom stereocenters. The van der Waals surface area contributed by atoms with Gasteiger partial charge in [-0.15, -0.1) is 0 Å². The number of hydrogen-bond acceptors (Lipinski definition) is 6. The van der Waals surface area contributed by atoms with Crippen LogP contribution in [0, 0.1) is 10.1 Å². The molecule has 1 N–H and O–H groups in total. The minimum atomic E-state index is -0.275. The quantitative estimate of drug-likeness (QED) is 0.193. The molecular weight excluding hydrogens is 527 g/mol. The van der Waals surface area contributed by atoms with Crippen molar-refractivity contribution >= 4 is 41.2 Å². The van der Waals surface area contributed by atoms with E-state index in [0.29, 0.717) is 21.1 Å². The highest BCUT2D eigenvalue weighted by Crippen LogP contribution is 2.44. The van der Waals surface area contributed by atoms with Gasteiger partial charge in [0.2, 0.25) is 0 Å². The molecule has 8 nitrogen and oxygen atoms in total. The first kappa shape index (κ1) is 28.5. The fourth-order valence-corrected chi connectivity index (χ4v) is 5.81. The van der Waals surface area contributed by atoms with Gasteiger partial charge in [-0.2, -0.15) is 0 Å². The molecule has 0 saturated carbocycles. The minimum Gasteiger partial charge on any atom is -0.325 e. The van der Waals surface area contributed by atoms with E-state index in [0.717, 1.165) is 24.0 Å². The molecule has 0 bridgehead atoms. The molecule has 10 heteroatoms. The number of rotatable bonds is 8. The Morgan fingerprint density at radius 1 is 1.18 bits per heavy atom. The lowest BCUT2D eigenvalue weighted by molar-refractivity contribution is -0.112. The van der Waals surface area contributed by atoms with E-state index < -0.39 is 0 Å². The Morgan fingerprint density at radius 2 is 1.97 bits per heavy atom. The zero-order chi connectivity index (χ0) is 28.2. The number of amides is 1. The van der Waals surface area contributed by atoms with Gasteiger partial charge in [0.25, 0.3) is 5.91 Å². The van der Waals surface area contributed by atoms with Crippen LogP contribution < -0.4 is 5.43 Å². The van der Waals surface area contributed by atoms with Crippen LogP contribution in [0.4, 0.5) is 0 Å². The van der Waals surface area contributed by atoms with Crippen molar-refractivity contribution in [3.8, 4) is 0 Å². The summed E-state index contributed by atoms with van der Waals surface area (Å²) in [6.07, 6.45) is 23.0. The van der Waals surface area contributed by atoms with Gasteiger partial charge in [0, 0.05) is 30.8 Å². The van der Waals surface area contributed by atoms with Crippen molar-refractivity contribution < 1.29 is 4.79 Å². The third-order valence-corrected chi connectivity index (χ3v) is 8.62. The average molecular weight is 562 g/mol. The highest BCUT2D eigenvalue weighted by molar-refractivity contribution is 7.98. The summed E-state index contributed by atoms with van der Waals surface area (Å²) in [4.78, 5) is 25.3. The van der Waals surface area contributed by atoms with Crippen molar-refractivity contribution in [1.82, 2.24) is 28.2 Å². The molecule has 1 amide bonds. The molecule has 0 spiro atoms. The van der Waals surface area contributed by atoms with Crippen LogP contribution in [0.15, 0.2) is 90.1 Å². The van der Waals surface area contributed by atoms with Crippen molar-refractivity contribution in [3.05, 3.63) is 94.8 Å². The highest BCUT2D eigenvalue weighted by Gasteiger charge is 2.32. The van der Waals surface area contributed by atoms with Crippen LogP contribution in [0.25, 0.3) is 11.2 Å². The van der Waals surface area contributed by atoms with Crippen LogP contribution in [0.2, 0.25) is 0 Å². The van der Waals surface area contributed by atoms with Gasteiger partial charge in [0.1, 0.15) is 22.8 Å². The molecule has 1 aliphatic carbocycles. The van der Waals surface area contributed by atoms with Crippen LogP contribution in [0.1, 0.15) is 47.5 Å². The third-order valence-electron chi connectivity index (χ3n) is 6.84. The molecule has 1 atom stereocenters. The summed E-state index contributed by atoms with van der Waals surface area (Å²) in [7, 11) is 1.81. The number of aryl methyl sites for hydroxylation is 1. The second-order valence-electron chi connectivity index (χ2n) is 10.5. The smallest absolute Gasteiger partial charge is 0.263 e. The number of carbonyl (C=O) groups is 1. The third kappa shape index (κ3) is 6.93. The maximum atomic E-state index is 12.5. The maximum Gasteiger partial charge on any atom is 0.263 e. The molecule has 0 radical (unpaired) electrons. The van der Waals surface area contributed by atoms with Crippen molar-refractivity contribution in [3.63, 3.8) is 0 Å². The van der Waals surface area contributed by atoms with Gasteiger partial charge in [0.05, 0.1) is 6.33 Å². The van der Waals surface area contributed by atoms with Gasteiger partial charge < -0.3 is 4.57 Å². The van der Waals surface area contributed by atoms with Crippen LogP contribution in [0.3, 0.4) is 0 Å². The number of nitrogens with zero attached hydrogens (tertiary/aromatic N) is 6. The Labute approximate surface area is 239 Å². The molecule has 4 rings (SSSR count). The molecule has 3 heterocycles. The fraction of sp³-hybridized carbons (Fsp3) is 0.345. The van der Waals surface area contributed by atoms with Gasteiger partial charge in [0.15, 0.2) is 5.65 Å². The van der Waals surface area contributed by atoms with Crippen LogP contribution >= 0.6 is 24.2 Å². The molecule has 0 aliphatic heterocycles. The predicted octanol–water partition coefficient (Wildman–Crippen LogP) is 6.47. The van der Waals surface area contributed by atoms with E-state index in [1.54, 1.807) is 10.9 Å². The van der Waals surface area contributed by atoms with Crippen molar-refractivity contribution in [2.45, 2.75) is 52.7 Å². The van der Waals surface area contributed by atoms with Crippen LogP contribution in [-0.4, -0.2) is 39.3 Å². The lowest BCUT2D eigenvalue weighted by atomic mass is 9.72. The van der Waals surface area contributed by atoms with Crippen molar-refractivity contribution in [1.29, 1.82) is 0 Å². The Bertz CT molecular complexity index is 1570. The Hall–Kier alpha value is -3.50. The first-order chi connectivity index (χ1) is 18.5. The number of allylic oxidation sites excluding steroid dienone is 8. The first-order valence-electron chi connectivity index (χ1n) is 12.8. The van der Waals surface area contributed by atoms with Crippen LogP contribution in [-0.2, 0) is 11.8 Å². The number of carbonyl (C=O) groups excluding carboxylic acids is 1. The van der Waals surface area contributed by atoms with Gasteiger partial charge in [-0.3, -0.25) is 14.2 Å². The molecule has 1 aliphatic rings. The Kier molecular flexibility index (Phi) is 8.87. The lowest BCUT2D eigenvalue weighted by Crippen LogP contribution is -2.26. The fourth-order valence-electron chi connectivity index (χ4n) is 4.58. The number of imidazole rings is 2. The van der Waals surface area contributed by atoms with E-state index in [9.17, 15) is 4.79 Å². The molecule has 3 aromatic rings. The summed E-state index contributed by atoms with van der Waals surface area (Å²) in [6.45, 7) is 10.9. The van der Waals surface area contributed by atoms with Gasteiger partial charge in [-0.25, -0.2) is 19.6 Å². The number of nitrogens with one attached hydrogen (secondary N) is 1. The largest absolute Gasteiger partial charge is 0.325 e. The maximum absolute atomic E-state index is 12.5. The molecule has 204 valence electrons. The average Bonchev–Trinajstić information content (AvgIpc) is 3.53. The SMILES string of the molecule is CC1=C(/C=C/C(C)=C/C=C/C(C)=C/C(=O)Nn2cnc3c(=S)n(C)cnc32)C(C)(C)CCC1Sn1ccnc1. The van der Waals surface area contributed by atoms with E-state index in [2.05, 4.69) is 64.2 Å². The molecule has 39 heavy (non-hydrogen) atoms. The highest BCUT2D eigenvalue weighted by atomic mass is 32.2. The van der Waals surface area contributed by atoms with E-state index >= 15 is 0 Å². The monoisotopic (exact) mass is 561 g/mol. The number of fused-ring (bicyclic) bond motifs is 1. The van der Waals surface area contributed by atoms with Crippen molar-refractivity contribution in [2.75, 3.05) is 5.43 Å². The summed E-state index contributed by atoms with van der Waals surface area (Å²) in [6, 6.07) is 0. The van der Waals surface area contributed by atoms with Crippen molar-refractivity contribution in [2.24, 2.45) is 12.5 Å². The molecular formula is C29H35N7OS2. The second kappa shape index (κ2) is 12.1. The molecule has 0 saturated heterocycles. The zero-order valence-electron chi connectivity index (χ0n) is 23.3. The molecule has 0 fully saturated rings. The van der Waals surface area contributed by atoms with Crippen LogP contribution in [0.5, 0.6) is 0 Å².